The van der Waals surface area contributed by atoms with Crippen LogP contribution in [0.1, 0.15) is 40.1 Å². The Labute approximate surface area is 195 Å². The lowest BCUT2D eigenvalue weighted by atomic mass is 10.2. The van der Waals surface area contributed by atoms with Crippen molar-refractivity contribution in [2.45, 2.75) is 19.9 Å². The third-order valence-corrected chi connectivity index (χ3v) is 6.07. The molecule has 33 heavy (non-hydrogen) atoms. The zero-order valence-corrected chi connectivity index (χ0v) is 18.9. The Hall–Kier alpha value is -4.04. The van der Waals surface area contributed by atoms with E-state index >= 15 is 0 Å². The molecule has 1 N–H and O–H groups in total. The van der Waals surface area contributed by atoms with E-state index in [1.165, 1.54) is 17.0 Å². The van der Waals surface area contributed by atoms with Crippen LogP contribution >= 0.6 is 11.3 Å². The van der Waals surface area contributed by atoms with Gasteiger partial charge in [0.15, 0.2) is 5.13 Å². The predicted molar refractivity (Wildman–Crippen MR) is 131 cm³/mol. The first kappa shape index (κ1) is 20.8. The minimum absolute atomic E-state index is 0.189. The van der Waals surface area contributed by atoms with Gasteiger partial charge in [-0.1, -0.05) is 13.0 Å². The molecule has 0 aliphatic heterocycles. The fraction of sp³-hybridized carbons (Fsp3) is 0.120. The Morgan fingerprint density at radius 1 is 1.06 bits per heavy atom. The first-order chi connectivity index (χ1) is 16.2. The van der Waals surface area contributed by atoms with Crippen LogP contribution in [-0.2, 0) is 13.0 Å². The number of pyridine rings is 2. The second-order valence-corrected chi connectivity index (χ2v) is 8.36. The quantitative estimate of drug-likeness (QED) is 0.375. The van der Waals surface area contributed by atoms with Crippen molar-refractivity contribution in [3.8, 4) is 0 Å². The molecule has 0 aromatic carbocycles. The van der Waals surface area contributed by atoms with Gasteiger partial charge in [-0.15, -0.1) is 11.3 Å². The van der Waals surface area contributed by atoms with Crippen LogP contribution in [0.5, 0.6) is 0 Å². The molecule has 0 atom stereocenters. The van der Waals surface area contributed by atoms with Crippen molar-refractivity contribution in [2.24, 2.45) is 0 Å². The van der Waals surface area contributed by atoms with Gasteiger partial charge in [0.2, 0.25) is 0 Å². The zero-order valence-electron chi connectivity index (χ0n) is 18.0. The average molecular weight is 455 g/mol. The number of anilines is 1. The van der Waals surface area contributed by atoms with E-state index in [0.29, 0.717) is 17.4 Å². The Morgan fingerprint density at radius 3 is 2.76 bits per heavy atom. The van der Waals surface area contributed by atoms with Crippen molar-refractivity contribution >= 4 is 40.2 Å². The molecular formula is C25H22N6OS. The summed E-state index contributed by atoms with van der Waals surface area (Å²) in [6.45, 7) is 2.73. The van der Waals surface area contributed by atoms with Gasteiger partial charge in [0, 0.05) is 42.4 Å². The van der Waals surface area contributed by atoms with Crippen molar-refractivity contribution in [1.82, 2.24) is 23.9 Å². The molecule has 5 aromatic heterocycles. The number of aryl methyl sites for hydroxylation is 1. The van der Waals surface area contributed by atoms with Crippen molar-refractivity contribution in [1.29, 1.82) is 0 Å². The van der Waals surface area contributed by atoms with Crippen LogP contribution in [0, 0.1) is 0 Å². The van der Waals surface area contributed by atoms with Gasteiger partial charge in [-0.25, -0.2) is 9.97 Å². The van der Waals surface area contributed by atoms with Gasteiger partial charge in [-0.3, -0.25) is 15.1 Å². The maximum atomic E-state index is 12.8. The van der Waals surface area contributed by atoms with Crippen LogP contribution in [0.25, 0.3) is 17.8 Å². The first-order valence-electron chi connectivity index (χ1n) is 10.7. The van der Waals surface area contributed by atoms with E-state index in [4.69, 9.17) is 0 Å². The lowest BCUT2D eigenvalue weighted by Crippen LogP contribution is -2.17. The summed E-state index contributed by atoms with van der Waals surface area (Å²) < 4.78 is 4.01. The summed E-state index contributed by atoms with van der Waals surface area (Å²) in [6, 6.07) is 13.7. The van der Waals surface area contributed by atoms with Crippen molar-refractivity contribution in [3.63, 3.8) is 0 Å². The van der Waals surface area contributed by atoms with Crippen LogP contribution < -0.4 is 5.32 Å². The van der Waals surface area contributed by atoms with E-state index in [2.05, 4.69) is 37.7 Å². The molecule has 0 unspecified atom stereocenters. The minimum Gasteiger partial charge on any atom is -0.339 e. The van der Waals surface area contributed by atoms with E-state index < -0.39 is 0 Å². The minimum atomic E-state index is -0.189. The van der Waals surface area contributed by atoms with Crippen LogP contribution in [0.3, 0.4) is 0 Å². The standard InChI is InChI=1S/C25H22N6OS/c1-2-21-5-3-7-23-27-19(16-31(21)23)8-9-20-17-33-25(28-20)29-24(32)22-6-4-14-30(22)15-18-10-12-26-13-11-18/h3-14,16-17H,2,15H2,1H3,(H,28,29,32)/b9-8+. The maximum absolute atomic E-state index is 12.8. The molecule has 0 saturated carbocycles. The molecule has 5 aromatic rings. The first-order valence-corrected chi connectivity index (χ1v) is 11.5. The Bertz CT molecular complexity index is 1430. The van der Waals surface area contributed by atoms with E-state index in [1.807, 2.05) is 64.8 Å². The lowest BCUT2D eigenvalue weighted by Gasteiger charge is -2.08. The Balaban J connectivity index is 1.27. The summed E-state index contributed by atoms with van der Waals surface area (Å²) in [7, 11) is 0. The number of carbonyl (C=O) groups is 1. The largest absolute Gasteiger partial charge is 0.339 e. The molecule has 0 spiro atoms. The van der Waals surface area contributed by atoms with Gasteiger partial charge >= 0.3 is 0 Å². The highest BCUT2D eigenvalue weighted by Crippen LogP contribution is 2.19. The van der Waals surface area contributed by atoms with Crippen molar-refractivity contribution in [3.05, 3.63) is 101 Å². The SMILES string of the molecule is CCc1cccc2nc(/C=C/c3csc(NC(=O)c4cccn4Cc4ccncc4)n3)cn12. The highest BCUT2D eigenvalue weighted by atomic mass is 32.1. The number of hydrogen-bond acceptors (Lipinski definition) is 5. The van der Waals surface area contributed by atoms with Crippen LogP contribution in [0.4, 0.5) is 5.13 Å². The molecule has 1 amide bonds. The lowest BCUT2D eigenvalue weighted by molar-refractivity contribution is 0.101. The summed E-state index contributed by atoms with van der Waals surface area (Å²) in [5, 5.41) is 5.37. The third-order valence-electron chi connectivity index (χ3n) is 5.29. The van der Waals surface area contributed by atoms with Crippen LogP contribution in [-0.4, -0.2) is 29.8 Å². The second kappa shape index (κ2) is 9.22. The normalized spacial score (nSPS) is 11.4. The molecule has 0 saturated heterocycles. The second-order valence-electron chi connectivity index (χ2n) is 7.51. The fourth-order valence-electron chi connectivity index (χ4n) is 3.65. The summed E-state index contributed by atoms with van der Waals surface area (Å²) in [6.07, 6.45) is 12.2. The van der Waals surface area contributed by atoms with Gasteiger partial charge in [0.25, 0.3) is 5.91 Å². The van der Waals surface area contributed by atoms with Gasteiger partial charge in [0.05, 0.1) is 11.4 Å². The van der Waals surface area contributed by atoms with Crippen molar-refractivity contribution < 1.29 is 4.79 Å². The van der Waals surface area contributed by atoms with E-state index in [-0.39, 0.29) is 5.91 Å². The summed E-state index contributed by atoms with van der Waals surface area (Å²) in [4.78, 5) is 26.0. The highest BCUT2D eigenvalue weighted by Gasteiger charge is 2.13. The number of fused-ring (bicyclic) bond motifs is 1. The number of nitrogens with zero attached hydrogens (tertiary/aromatic N) is 5. The van der Waals surface area contributed by atoms with Crippen molar-refractivity contribution in [2.75, 3.05) is 5.32 Å². The third kappa shape index (κ3) is 4.61. The molecule has 7 nitrogen and oxygen atoms in total. The number of imidazole rings is 1. The van der Waals surface area contributed by atoms with Crippen LogP contribution in [0.15, 0.2) is 72.6 Å². The number of thiazole rings is 1. The monoisotopic (exact) mass is 454 g/mol. The zero-order chi connectivity index (χ0) is 22.6. The summed E-state index contributed by atoms with van der Waals surface area (Å²) in [5.74, 6) is -0.189. The molecule has 0 fully saturated rings. The van der Waals surface area contributed by atoms with Gasteiger partial charge < -0.3 is 8.97 Å². The molecule has 164 valence electrons. The molecule has 5 heterocycles. The molecule has 0 radical (unpaired) electrons. The topological polar surface area (TPSA) is 77.1 Å². The van der Waals surface area contributed by atoms with Crippen LogP contribution in [0.2, 0.25) is 0 Å². The molecular weight excluding hydrogens is 432 g/mol. The van der Waals surface area contributed by atoms with Gasteiger partial charge in [-0.2, -0.15) is 0 Å². The highest BCUT2D eigenvalue weighted by molar-refractivity contribution is 7.14. The van der Waals surface area contributed by atoms with Gasteiger partial charge in [0.1, 0.15) is 11.3 Å². The van der Waals surface area contributed by atoms with E-state index in [0.717, 1.165) is 29.0 Å². The molecule has 0 bridgehead atoms. The number of carbonyl (C=O) groups excluding carboxylic acids is 1. The molecule has 8 heteroatoms. The van der Waals surface area contributed by atoms with Gasteiger partial charge in [-0.05, 0) is 60.5 Å². The number of hydrogen-bond donors (Lipinski definition) is 1. The van der Waals surface area contributed by atoms with E-state index in [9.17, 15) is 4.79 Å². The molecule has 0 aliphatic carbocycles. The summed E-state index contributed by atoms with van der Waals surface area (Å²) >= 11 is 1.39. The number of nitrogens with one attached hydrogen (secondary N) is 1. The number of rotatable bonds is 7. The number of aromatic nitrogens is 5. The maximum Gasteiger partial charge on any atom is 0.274 e. The molecule has 0 aliphatic rings. The fourth-order valence-corrected chi connectivity index (χ4v) is 4.32. The average Bonchev–Trinajstić information content (AvgIpc) is 3.57. The smallest absolute Gasteiger partial charge is 0.274 e. The Kier molecular flexibility index (Phi) is 5.82. The Morgan fingerprint density at radius 2 is 1.91 bits per heavy atom. The number of amides is 1. The van der Waals surface area contributed by atoms with E-state index in [1.54, 1.807) is 18.5 Å². The summed E-state index contributed by atoms with van der Waals surface area (Å²) in [5.41, 5.74) is 5.44. The molecule has 5 rings (SSSR count). The predicted octanol–water partition coefficient (Wildman–Crippen LogP) is 5.02.